The maximum Gasteiger partial charge on any atom is 0.209 e. The van der Waals surface area contributed by atoms with Crippen molar-refractivity contribution in [3.8, 4) is 0 Å². The minimum absolute atomic E-state index is 0.574. The Kier molecular flexibility index (Phi) is 4.02. The van der Waals surface area contributed by atoms with Crippen molar-refractivity contribution in [1.82, 2.24) is 20.2 Å². The highest BCUT2D eigenvalue weighted by molar-refractivity contribution is 7.99. The monoisotopic (exact) mass is 187 g/mol. The molecule has 1 heterocycles. The number of nitrogens with zero attached hydrogens (tertiary/aromatic N) is 4. The molecule has 6 heteroatoms. The molecule has 1 rings (SSSR count). The summed E-state index contributed by atoms with van der Waals surface area (Å²) in [4.78, 5) is 0. The van der Waals surface area contributed by atoms with Crippen LogP contribution in [0, 0.1) is 0 Å². The van der Waals surface area contributed by atoms with Gasteiger partial charge in [0, 0.05) is 12.3 Å². The highest BCUT2D eigenvalue weighted by Crippen LogP contribution is 2.13. The molecule has 68 valence electrons. The van der Waals surface area contributed by atoms with E-state index in [1.165, 1.54) is 0 Å². The fourth-order valence-corrected chi connectivity index (χ4v) is 1.51. The van der Waals surface area contributed by atoms with Crippen LogP contribution in [-0.4, -0.2) is 32.5 Å². The molecule has 0 radical (unpaired) electrons. The van der Waals surface area contributed by atoms with E-state index in [4.69, 9.17) is 5.73 Å². The molecule has 0 aromatic carbocycles. The van der Waals surface area contributed by atoms with Crippen LogP contribution in [0.15, 0.2) is 5.16 Å². The number of nitrogens with two attached hydrogens (primary N) is 1. The molecule has 0 spiro atoms. The maximum atomic E-state index is 5.39. The van der Waals surface area contributed by atoms with Gasteiger partial charge in [0.15, 0.2) is 0 Å². The summed E-state index contributed by atoms with van der Waals surface area (Å²) < 4.78 is 1.74. The summed E-state index contributed by atoms with van der Waals surface area (Å²) in [5, 5.41) is 12.1. The zero-order valence-electron chi connectivity index (χ0n) is 7.10. The second-order valence-corrected chi connectivity index (χ2v) is 3.38. The van der Waals surface area contributed by atoms with Gasteiger partial charge in [-0.25, -0.2) is 4.68 Å². The fraction of sp³-hybridized carbons (Fsp3) is 0.833. The van der Waals surface area contributed by atoms with Gasteiger partial charge in [-0.05, 0) is 16.8 Å². The lowest BCUT2D eigenvalue weighted by molar-refractivity contribution is 0.557. The van der Waals surface area contributed by atoms with Crippen LogP contribution in [0.3, 0.4) is 0 Å². The van der Waals surface area contributed by atoms with Gasteiger partial charge < -0.3 is 5.73 Å². The number of hydrogen-bond acceptors (Lipinski definition) is 5. The largest absolute Gasteiger partial charge is 0.329 e. The highest BCUT2D eigenvalue weighted by atomic mass is 32.2. The van der Waals surface area contributed by atoms with Gasteiger partial charge in [0.2, 0.25) is 5.16 Å². The molecule has 0 aliphatic heterocycles. The zero-order chi connectivity index (χ0) is 8.81. The van der Waals surface area contributed by atoms with Crippen LogP contribution in [0.5, 0.6) is 0 Å². The lowest BCUT2D eigenvalue weighted by Crippen LogP contribution is -2.12. The summed E-state index contributed by atoms with van der Waals surface area (Å²) in [6, 6.07) is 0. The van der Waals surface area contributed by atoms with E-state index < -0.39 is 0 Å². The van der Waals surface area contributed by atoms with Gasteiger partial charge in [0.05, 0.1) is 6.54 Å². The fourth-order valence-electron chi connectivity index (χ4n) is 0.756. The first-order valence-electron chi connectivity index (χ1n) is 3.97. The van der Waals surface area contributed by atoms with E-state index in [1.54, 1.807) is 16.4 Å². The first kappa shape index (κ1) is 9.47. The molecular formula is C6H13N5S. The summed E-state index contributed by atoms with van der Waals surface area (Å²) in [7, 11) is 0. The molecule has 1 aromatic rings. The molecule has 0 saturated carbocycles. The smallest absolute Gasteiger partial charge is 0.209 e. The third-order valence-corrected chi connectivity index (χ3v) is 2.44. The van der Waals surface area contributed by atoms with Crippen molar-refractivity contribution in [1.29, 1.82) is 0 Å². The molecule has 0 amide bonds. The van der Waals surface area contributed by atoms with Crippen LogP contribution in [0.1, 0.15) is 13.3 Å². The Morgan fingerprint density at radius 2 is 2.42 bits per heavy atom. The molecule has 0 atom stereocenters. The average Bonchev–Trinajstić information content (AvgIpc) is 2.50. The van der Waals surface area contributed by atoms with Gasteiger partial charge in [-0.2, -0.15) is 0 Å². The highest BCUT2D eigenvalue weighted by Gasteiger charge is 2.03. The lowest BCUT2D eigenvalue weighted by atomic mass is 10.6. The lowest BCUT2D eigenvalue weighted by Gasteiger charge is -1.99. The molecule has 0 unspecified atom stereocenters. The van der Waals surface area contributed by atoms with E-state index in [0.717, 1.165) is 17.3 Å². The van der Waals surface area contributed by atoms with Crippen molar-refractivity contribution < 1.29 is 0 Å². The predicted molar refractivity (Wildman–Crippen MR) is 47.9 cm³/mol. The average molecular weight is 187 g/mol. The second kappa shape index (κ2) is 5.10. The van der Waals surface area contributed by atoms with E-state index >= 15 is 0 Å². The van der Waals surface area contributed by atoms with Gasteiger partial charge in [0.1, 0.15) is 0 Å². The molecule has 0 aliphatic carbocycles. The molecule has 0 bridgehead atoms. The van der Waals surface area contributed by atoms with Crippen LogP contribution in [-0.2, 0) is 6.54 Å². The Balaban J connectivity index is 2.51. The van der Waals surface area contributed by atoms with Crippen molar-refractivity contribution in [3.05, 3.63) is 0 Å². The van der Waals surface area contributed by atoms with E-state index in [2.05, 4.69) is 22.4 Å². The number of hydrogen-bond donors (Lipinski definition) is 1. The van der Waals surface area contributed by atoms with Gasteiger partial charge >= 0.3 is 0 Å². The molecule has 5 nitrogen and oxygen atoms in total. The molecular weight excluding hydrogens is 174 g/mol. The van der Waals surface area contributed by atoms with Crippen LogP contribution in [0.4, 0.5) is 0 Å². The van der Waals surface area contributed by atoms with Gasteiger partial charge in [-0.3, -0.25) is 0 Å². The van der Waals surface area contributed by atoms with Crippen LogP contribution in [0.2, 0.25) is 0 Å². The molecule has 0 saturated heterocycles. The summed E-state index contributed by atoms with van der Waals surface area (Å²) in [6.07, 6.45) is 1.13. The van der Waals surface area contributed by atoms with Crippen LogP contribution >= 0.6 is 11.8 Å². The van der Waals surface area contributed by atoms with Gasteiger partial charge in [0.25, 0.3) is 0 Å². The van der Waals surface area contributed by atoms with Crippen molar-refractivity contribution >= 4 is 11.8 Å². The summed E-state index contributed by atoms with van der Waals surface area (Å²) in [5.74, 6) is 1.05. The van der Waals surface area contributed by atoms with Crippen LogP contribution < -0.4 is 5.73 Å². The third-order valence-electron chi connectivity index (χ3n) is 1.28. The quantitative estimate of drug-likeness (QED) is 0.664. The molecule has 12 heavy (non-hydrogen) atoms. The first-order valence-corrected chi connectivity index (χ1v) is 4.96. The Hall–Kier alpha value is -0.620. The van der Waals surface area contributed by atoms with Gasteiger partial charge in [-0.1, -0.05) is 18.7 Å². The normalized spacial score (nSPS) is 10.5. The minimum Gasteiger partial charge on any atom is -0.329 e. The number of thioether (sulfide) groups is 1. The number of tetrazole rings is 1. The Labute approximate surface area is 75.7 Å². The van der Waals surface area contributed by atoms with E-state index in [1.807, 2.05) is 0 Å². The maximum absolute atomic E-state index is 5.39. The molecule has 2 N–H and O–H groups in total. The topological polar surface area (TPSA) is 69.6 Å². The Bertz CT molecular complexity index is 223. The van der Waals surface area contributed by atoms with Crippen molar-refractivity contribution in [3.63, 3.8) is 0 Å². The van der Waals surface area contributed by atoms with Crippen molar-refractivity contribution in [2.75, 3.05) is 12.3 Å². The number of rotatable bonds is 5. The zero-order valence-corrected chi connectivity index (χ0v) is 7.92. The molecule has 0 fully saturated rings. The summed E-state index contributed by atoms with van der Waals surface area (Å²) in [5.41, 5.74) is 5.39. The van der Waals surface area contributed by atoms with E-state index in [0.29, 0.717) is 13.1 Å². The third kappa shape index (κ3) is 2.46. The van der Waals surface area contributed by atoms with E-state index in [-0.39, 0.29) is 0 Å². The molecule has 1 aromatic heterocycles. The minimum atomic E-state index is 0.574. The molecule has 0 aliphatic rings. The second-order valence-electron chi connectivity index (χ2n) is 2.32. The summed E-state index contributed by atoms with van der Waals surface area (Å²) in [6.45, 7) is 3.40. The van der Waals surface area contributed by atoms with Gasteiger partial charge in [-0.15, -0.1) is 5.10 Å². The van der Waals surface area contributed by atoms with Crippen molar-refractivity contribution in [2.24, 2.45) is 5.73 Å². The standard InChI is InChI=1S/C6H13N5S/c1-2-5-12-6-8-9-10-11(6)4-3-7/h2-5,7H2,1H3. The summed E-state index contributed by atoms with van der Waals surface area (Å²) >= 11 is 1.66. The van der Waals surface area contributed by atoms with E-state index in [9.17, 15) is 0 Å². The Morgan fingerprint density at radius 3 is 3.08 bits per heavy atom. The Morgan fingerprint density at radius 1 is 1.58 bits per heavy atom. The number of aromatic nitrogens is 4. The van der Waals surface area contributed by atoms with Crippen molar-refractivity contribution in [2.45, 2.75) is 25.0 Å². The first-order chi connectivity index (χ1) is 5.88. The van der Waals surface area contributed by atoms with Crippen LogP contribution in [0.25, 0.3) is 0 Å². The predicted octanol–water partition coefficient (Wildman–Crippen LogP) is 0.134. The SMILES string of the molecule is CCCSc1nnnn1CCN.